The highest BCUT2D eigenvalue weighted by atomic mass is 16.2. The van der Waals surface area contributed by atoms with E-state index in [2.05, 4.69) is 20.0 Å². The van der Waals surface area contributed by atoms with Crippen molar-refractivity contribution in [3.8, 4) is 0 Å². The first-order chi connectivity index (χ1) is 12.3. The molecule has 0 unspecified atom stereocenters. The third kappa shape index (κ3) is 2.93. The molecule has 2 aliphatic heterocycles. The van der Waals surface area contributed by atoms with E-state index in [4.69, 9.17) is 0 Å². The van der Waals surface area contributed by atoms with Gasteiger partial charge in [0.25, 0.3) is 0 Å². The summed E-state index contributed by atoms with van der Waals surface area (Å²) in [6.07, 6.45) is 11.9. The average molecular weight is 338 g/mol. The Balaban J connectivity index is 1.16. The first-order valence-electron chi connectivity index (χ1n) is 9.14. The highest BCUT2D eigenvalue weighted by molar-refractivity contribution is 5.95. The zero-order valence-electron chi connectivity index (χ0n) is 14.2. The Morgan fingerprint density at radius 1 is 1.12 bits per heavy atom. The lowest BCUT2D eigenvalue weighted by Gasteiger charge is -2.39. The molecule has 0 bridgehead atoms. The van der Waals surface area contributed by atoms with Crippen molar-refractivity contribution in [2.24, 2.45) is 0 Å². The minimum absolute atomic E-state index is 0.212. The van der Waals surface area contributed by atoms with Crippen LogP contribution in [0.1, 0.15) is 49.0 Å². The number of aromatic nitrogens is 4. The van der Waals surface area contributed by atoms with Gasteiger partial charge in [-0.15, -0.1) is 0 Å². The summed E-state index contributed by atoms with van der Waals surface area (Å²) in [5.41, 5.74) is 2.11. The first-order valence-corrected chi connectivity index (χ1v) is 9.14. The standard InChI is InChI=1S/C18H22N6O/c25-17-2-1-5-23(17)15-8-21-24(12-15)16-10-22(11-16)9-13-6-19-18(20-7-13)14-3-4-14/h6-8,12,14,16H,1-5,9-11H2. The largest absolute Gasteiger partial charge is 0.309 e. The van der Waals surface area contributed by atoms with Gasteiger partial charge in [0.1, 0.15) is 5.82 Å². The van der Waals surface area contributed by atoms with E-state index in [0.29, 0.717) is 18.4 Å². The van der Waals surface area contributed by atoms with Gasteiger partial charge in [0.2, 0.25) is 5.91 Å². The minimum atomic E-state index is 0.212. The van der Waals surface area contributed by atoms with E-state index < -0.39 is 0 Å². The van der Waals surface area contributed by atoms with Crippen LogP contribution in [-0.2, 0) is 11.3 Å². The molecule has 1 amide bonds. The summed E-state index contributed by atoms with van der Waals surface area (Å²) in [4.78, 5) is 25.0. The summed E-state index contributed by atoms with van der Waals surface area (Å²) in [7, 11) is 0. The molecule has 2 saturated heterocycles. The van der Waals surface area contributed by atoms with Crippen LogP contribution in [0.5, 0.6) is 0 Å². The lowest BCUT2D eigenvalue weighted by atomic mass is 10.1. The molecule has 1 aliphatic carbocycles. The van der Waals surface area contributed by atoms with E-state index in [0.717, 1.165) is 44.1 Å². The van der Waals surface area contributed by atoms with E-state index in [1.54, 1.807) is 0 Å². The van der Waals surface area contributed by atoms with Crippen LogP contribution in [0.2, 0.25) is 0 Å². The van der Waals surface area contributed by atoms with Crippen LogP contribution in [0.15, 0.2) is 24.8 Å². The van der Waals surface area contributed by atoms with Gasteiger partial charge in [-0.25, -0.2) is 9.97 Å². The predicted molar refractivity (Wildman–Crippen MR) is 92.1 cm³/mol. The Labute approximate surface area is 146 Å². The Kier molecular flexibility index (Phi) is 3.55. The van der Waals surface area contributed by atoms with Crippen molar-refractivity contribution in [1.82, 2.24) is 24.6 Å². The normalized spacial score (nSPS) is 21.8. The summed E-state index contributed by atoms with van der Waals surface area (Å²) in [5, 5.41) is 4.47. The van der Waals surface area contributed by atoms with Crippen molar-refractivity contribution in [3.05, 3.63) is 36.2 Å². The fraction of sp³-hybridized carbons (Fsp3) is 0.556. The Hall–Kier alpha value is -2.28. The summed E-state index contributed by atoms with van der Waals surface area (Å²) in [5.74, 6) is 1.83. The maximum atomic E-state index is 11.8. The fourth-order valence-electron chi connectivity index (χ4n) is 3.68. The highest BCUT2D eigenvalue weighted by Gasteiger charge is 2.31. The van der Waals surface area contributed by atoms with Crippen LogP contribution in [-0.4, -0.2) is 50.2 Å². The first kappa shape index (κ1) is 15.0. The van der Waals surface area contributed by atoms with E-state index >= 15 is 0 Å². The summed E-state index contributed by atoms with van der Waals surface area (Å²) in [6.45, 7) is 3.65. The molecule has 25 heavy (non-hydrogen) atoms. The monoisotopic (exact) mass is 338 g/mol. The lowest BCUT2D eigenvalue weighted by molar-refractivity contribution is -0.117. The maximum absolute atomic E-state index is 11.8. The van der Waals surface area contributed by atoms with Crippen LogP contribution in [0, 0.1) is 0 Å². The van der Waals surface area contributed by atoms with Crippen LogP contribution < -0.4 is 4.90 Å². The smallest absolute Gasteiger partial charge is 0.227 e. The summed E-state index contributed by atoms with van der Waals surface area (Å²) < 4.78 is 2.00. The second kappa shape index (κ2) is 5.91. The molecule has 0 atom stereocenters. The van der Waals surface area contributed by atoms with Gasteiger partial charge in [-0.2, -0.15) is 5.10 Å². The minimum Gasteiger partial charge on any atom is -0.309 e. The van der Waals surface area contributed by atoms with Crippen molar-refractivity contribution in [1.29, 1.82) is 0 Å². The van der Waals surface area contributed by atoms with Crippen LogP contribution in [0.3, 0.4) is 0 Å². The number of amides is 1. The summed E-state index contributed by atoms with van der Waals surface area (Å²) in [6, 6.07) is 0.387. The van der Waals surface area contributed by atoms with Gasteiger partial charge in [0.15, 0.2) is 0 Å². The molecule has 4 heterocycles. The molecule has 3 aliphatic rings. The zero-order chi connectivity index (χ0) is 16.8. The lowest BCUT2D eigenvalue weighted by Crippen LogP contribution is -2.47. The number of carbonyl (C=O) groups is 1. The number of anilines is 1. The van der Waals surface area contributed by atoms with Gasteiger partial charge in [0.05, 0.1) is 17.9 Å². The summed E-state index contributed by atoms with van der Waals surface area (Å²) >= 11 is 0. The number of nitrogens with zero attached hydrogens (tertiary/aromatic N) is 6. The van der Waals surface area contributed by atoms with Gasteiger partial charge in [-0.1, -0.05) is 0 Å². The van der Waals surface area contributed by atoms with E-state index in [1.165, 1.54) is 18.4 Å². The molecule has 130 valence electrons. The molecule has 3 fully saturated rings. The predicted octanol–water partition coefficient (Wildman–Crippen LogP) is 1.73. The molecule has 1 saturated carbocycles. The van der Waals surface area contributed by atoms with Gasteiger partial charge in [0, 0.05) is 62.7 Å². The van der Waals surface area contributed by atoms with Crippen molar-refractivity contribution in [2.45, 2.75) is 44.2 Å². The van der Waals surface area contributed by atoms with Gasteiger partial charge in [-0.3, -0.25) is 14.4 Å². The average Bonchev–Trinajstić information content (AvgIpc) is 3.18. The van der Waals surface area contributed by atoms with Crippen molar-refractivity contribution < 1.29 is 4.79 Å². The van der Waals surface area contributed by atoms with E-state index in [-0.39, 0.29) is 5.91 Å². The number of carbonyl (C=O) groups excluding carboxylic acids is 1. The third-order valence-corrected chi connectivity index (χ3v) is 5.36. The molecule has 0 spiro atoms. The van der Waals surface area contributed by atoms with Crippen LogP contribution >= 0.6 is 0 Å². The van der Waals surface area contributed by atoms with Crippen molar-refractivity contribution >= 4 is 11.6 Å². The third-order valence-electron chi connectivity index (χ3n) is 5.36. The number of rotatable bonds is 5. The molecule has 0 N–H and O–H groups in total. The topological polar surface area (TPSA) is 67.2 Å². The fourth-order valence-corrected chi connectivity index (χ4v) is 3.68. The SMILES string of the molecule is O=C1CCCN1c1cnn(C2CN(Cc3cnc(C4CC4)nc3)C2)c1. The van der Waals surface area contributed by atoms with E-state index in [1.807, 2.05) is 34.4 Å². The second-order valence-corrected chi connectivity index (χ2v) is 7.40. The maximum Gasteiger partial charge on any atom is 0.227 e. The van der Waals surface area contributed by atoms with Gasteiger partial charge in [-0.05, 0) is 19.3 Å². The Morgan fingerprint density at radius 2 is 1.92 bits per heavy atom. The van der Waals surface area contributed by atoms with Gasteiger partial charge >= 0.3 is 0 Å². The number of hydrogen-bond donors (Lipinski definition) is 0. The molecule has 5 rings (SSSR count). The van der Waals surface area contributed by atoms with Crippen molar-refractivity contribution in [2.75, 3.05) is 24.5 Å². The molecule has 2 aromatic heterocycles. The number of hydrogen-bond acceptors (Lipinski definition) is 5. The molecule has 7 nitrogen and oxygen atoms in total. The van der Waals surface area contributed by atoms with Gasteiger partial charge < -0.3 is 4.90 Å². The molecular formula is C18H22N6O. The quantitative estimate of drug-likeness (QED) is 0.831. The zero-order valence-corrected chi connectivity index (χ0v) is 14.2. The molecule has 0 radical (unpaired) electrons. The van der Waals surface area contributed by atoms with Crippen LogP contribution in [0.4, 0.5) is 5.69 Å². The van der Waals surface area contributed by atoms with Crippen LogP contribution in [0.25, 0.3) is 0 Å². The Bertz CT molecular complexity index is 775. The molecule has 7 heteroatoms. The molecular weight excluding hydrogens is 316 g/mol. The van der Waals surface area contributed by atoms with E-state index in [9.17, 15) is 4.79 Å². The molecule has 0 aromatic carbocycles. The molecule has 2 aromatic rings. The number of likely N-dealkylation sites (tertiary alicyclic amines) is 1. The second-order valence-electron chi connectivity index (χ2n) is 7.40. The Morgan fingerprint density at radius 3 is 2.60 bits per heavy atom. The van der Waals surface area contributed by atoms with Crippen molar-refractivity contribution in [3.63, 3.8) is 0 Å². The highest BCUT2D eigenvalue weighted by Crippen LogP contribution is 2.37.